The predicted molar refractivity (Wildman–Crippen MR) is 97.1 cm³/mol. The largest absolute Gasteiger partial charge is 0.512 e. The van der Waals surface area contributed by atoms with E-state index in [1.807, 2.05) is 13.0 Å². The smallest absolute Gasteiger partial charge is 0.315 e. The molecule has 0 saturated heterocycles. The monoisotopic (exact) mass is 354 g/mol. The molecule has 3 N–H and O–H groups in total. The van der Waals surface area contributed by atoms with Gasteiger partial charge in [0, 0.05) is 11.5 Å². The molecule has 0 saturated carbocycles. The molecule has 2 atom stereocenters. The normalized spacial score (nSPS) is 25.1. The first kappa shape index (κ1) is 20.4. The lowest BCUT2D eigenvalue weighted by Crippen LogP contribution is -2.39. The molecule has 1 aliphatic rings. The van der Waals surface area contributed by atoms with Crippen LogP contribution in [0, 0.1) is 11.3 Å². The highest BCUT2D eigenvalue weighted by Crippen LogP contribution is 2.48. The quantitative estimate of drug-likeness (QED) is 0.540. The SMILES string of the molecule is CC(C)=CCCC(C)=CCC1=C(O)C(C)C(C)(C(=O)O)C(Cl)=C1O. The van der Waals surface area contributed by atoms with Gasteiger partial charge in [0.05, 0.1) is 5.03 Å². The lowest BCUT2D eigenvalue weighted by molar-refractivity contribution is -0.148. The van der Waals surface area contributed by atoms with Crippen molar-refractivity contribution in [2.45, 2.75) is 53.9 Å². The molecule has 0 fully saturated rings. The standard InChI is InChI=1S/C19H27ClO4/c1-11(2)7-6-8-12(3)9-10-14-15(21)13(4)19(5,18(23)24)17(20)16(14)22/h7,9,13,21-22H,6,8,10H2,1-5H3,(H,23,24). The third-order valence-electron chi connectivity index (χ3n) is 4.73. The number of allylic oxidation sites excluding steroid dienone is 6. The summed E-state index contributed by atoms with van der Waals surface area (Å²) in [5.74, 6) is -2.33. The molecule has 0 aromatic rings. The average molecular weight is 355 g/mol. The van der Waals surface area contributed by atoms with Crippen molar-refractivity contribution in [2.24, 2.45) is 11.3 Å². The zero-order valence-corrected chi connectivity index (χ0v) is 15.7. The van der Waals surface area contributed by atoms with Crippen LogP contribution in [0.25, 0.3) is 0 Å². The van der Waals surface area contributed by atoms with Gasteiger partial charge in [0.1, 0.15) is 16.9 Å². The zero-order chi connectivity index (χ0) is 18.7. The van der Waals surface area contributed by atoms with Crippen LogP contribution in [0.4, 0.5) is 0 Å². The van der Waals surface area contributed by atoms with Gasteiger partial charge in [-0.2, -0.15) is 0 Å². The second kappa shape index (κ2) is 7.93. The molecule has 0 aromatic heterocycles. The Morgan fingerprint density at radius 1 is 1.25 bits per heavy atom. The predicted octanol–water partition coefficient (Wildman–Crippen LogP) is 5.63. The molecule has 0 heterocycles. The molecule has 1 rings (SSSR count). The van der Waals surface area contributed by atoms with Crippen LogP contribution >= 0.6 is 11.6 Å². The fraction of sp³-hybridized carbons (Fsp3) is 0.526. The minimum absolute atomic E-state index is 0.116. The van der Waals surface area contributed by atoms with Crippen molar-refractivity contribution >= 4 is 17.6 Å². The number of rotatable bonds is 6. The van der Waals surface area contributed by atoms with E-state index in [-0.39, 0.29) is 16.6 Å². The van der Waals surface area contributed by atoms with Crippen LogP contribution in [0.3, 0.4) is 0 Å². The van der Waals surface area contributed by atoms with Crippen LogP contribution in [0.15, 0.2) is 45.4 Å². The first-order chi connectivity index (χ1) is 11.0. The van der Waals surface area contributed by atoms with Gasteiger partial charge in [-0.25, -0.2) is 0 Å². The number of aliphatic hydroxyl groups excluding tert-OH is 2. The summed E-state index contributed by atoms with van der Waals surface area (Å²) in [6.45, 7) is 9.10. The Balaban J connectivity index is 3.03. The maximum atomic E-state index is 11.6. The first-order valence-corrected chi connectivity index (χ1v) is 8.45. The maximum Gasteiger partial charge on any atom is 0.315 e. The van der Waals surface area contributed by atoms with Crippen molar-refractivity contribution in [3.63, 3.8) is 0 Å². The number of carboxylic acids is 1. The molecule has 0 bridgehead atoms. The lowest BCUT2D eigenvalue weighted by atomic mass is 9.71. The third kappa shape index (κ3) is 4.04. The third-order valence-corrected chi connectivity index (χ3v) is 5.30. The van der Waals surface area contributed by atoms with E-state index in [1.165, 1.54) is 12.5 Å². The first-order valence-electron chi connectivity index (χ1n) is 8.07. The molecule has 2 unspecified atom stereocenters. The van der Waals surface area contributed by atoms with E-state index in [4.69, 9.17) is 11.6 Å². The van der Waals surface area contributed by atoms with Crippen LogP contribution < -0.4 is 0 Å². The van der Waals surface area contributed by atoms with Crippen LogP contribution in [-0.4, -0.2) is 21.3 Å². The van der Waals surface area contributed by atoms with Crippen molar-refractivity contribution in [1.29, 1.82) is 0 Å². The minimum Gasteiger partial charge on any atom is -0.512 e. The van der Waals surface area contributed by atoms with Gasteiger partial charge in [0.15, 0.2) is 0 Å². The second-order valence-corrected chi connectivity index (χ2v) is 7.21. The van der Waals surface area contributed by atoms with Gasteiger partial charge < -0.3 is 15.3 Å². The molecular weight excluding hydrogens is 328 g/mol. The fourth-order valence-corrected chi connectivity index (χ4v) is 3.03. The van der Waals surface area contributed by atoms with Gasteiger partial charge in [0.2, 0.25) is 0 Å². The van der Waals surface area contributed by atoms with E-state index in [0.29, 0.717) is 12.0 Å². The van der Waals surface area contributed by atoms with Gasteiger partial charge in [-0.1, -0.05) is 41.8 Å². The number of halogens is 1. The molecule has 1 aliphatic carbocycles. The second-order valence-electron chi connectivity index (χ2n) is 6.83. The molecule has 5 heteroatoms. The summed E-state index contributed by atoms with van der Waals surface area (Å²) in [6, 6.07) is 0. The Labute approximate surface area is 148 Å². The Kier molecular flexibility index (Phi) is 6.73. The van der Waals surface area contributed by atoms with E-state index in [9.17, 15) is 20.1 Å². The van der Waals surface area contributed by atoms with Crippen LogP contribution in [-0.2, 0) is 4.79 Å². The topological polar surface area (TPSA) is 77.8 Å². The van der Waals surface area contributed by atoms with Crippen molar-refractivity contribution in [3.05, 3.63) is 45.4 Å². The molecule has 0 aromatic carbocycles. The molecule has 4 nitrogen and oxygen atoms in total. The van der Waals surface area contributed by atoms with Crippen molar-refractivity contribution in [1.82, 2.24) is 0 Å². The van der Waals surface area contributed by atoms with Crippen molar-refractivity contribution in [3.8, 4) is 0 Å². The van der Waals surface area contributed by atoms with E-state index in [1.54, 1.807) is 6.92 Å². The summed E-state index contributed by atoms with van der Waals surface area (Å²) in [7, 11) is 0. The van der Waals surface area contributed by atoms with Gasteiger partial charge in [-0.05, 0) is 47.0 Å². The summed E-state index contributed by atoms with van der Waals surface area (Å²) in [5, 5.41) is 30.0. The number of aliphatic carboxylic acids is 1. The molecular formula is C19H27ClO4. The Morgan fingerprint density at radius 2 is 1.83 bits per heavy atom. The lowest BCUT2D eigenvalue weighted by Gasteiger charge is -2.35. The summed E-state index contributed by atoms with van der Waals surface area (Å²) in [6.07, 6.45) is 6.23. The van der Waals surface area contributed by atoms with Crippen molar-refractivity contribution < 1.29 is 20.1 Å². The van der Waals surface area contributed by atoms with Crippen molar-refractivity contribution in [2.75, 3.05) is 0 Å². The Bertz CT molecular complexity index is 636. The number of hydrogen-bond donors (Lipinski definition) is 3. The van der Waals surface area contributed by atoms with E-state index < -0.39 is 17.3 Å². The average Bonchev–Trinajstić information content (AvgIpc) is 2.50. The Morgan fingerprint density at radius 3 is 2.33 bits per heavy atom. The molecule has 0 spiro atoms. The maximum absolute atomic E-state index is 11.6. The number of aliphatic hydroxyl groups is 2. The molecule has 24 heavy (non-hydrogen) atoms. The molecule has 0 amide bonds. The highest BCUT2D eigenvalue weighted by molar-refractivity contribution is 6.32. The molecule has 0 aliphatic heterocycles. The summed E-state index contributed by atoms with van der Waals surface area (Å²) in [4.78, 5) is 11.6. The van der Waals surface area contributed by atoms with Crippen LogP contribution in [0.1, 0.15) is 53.9 Å². The van der Waals surface area contributed by atoms with Crippen LogP contribution in [0.2, 0.25) is 0 Å². The summed E-state index contributed by atoms with van der Waals surface area (Å²) < 4.78 is 0. The van der Waals surface area contributed by atoms with Crippen LogP contribution in [0.5, 0.6) is 0 Å². The van der Waals surface area contributed by atoms with Gasteiger partial charge in [-0.3, -0.25) is 4.79 Å². The number of carboxylic acid groups (broad SMARTS) is 1. The summed E-state index contributed by atoms with van der Waals surface area (Å²) >= 11 is 6.13. The van der Waals surface area contributed by atoms with E-state index in [2.05, 4.69) is 19.9 Å². The Hall–Kier alpha value is -1.68. The highest BCUT2D eigenvalue weighted by Gasteiger charge is 2.49. The minimum atomic E-state index is -1.53. The summed E-state index contributed by atoms with van der Waals surface area (Å²) in [5.41, 5.74) is 1.18. The molecule has 0 radical (unpaired) electrons. The number of hydrogen-bond acceptors (Lipinski definition) is 3. The van der Waals surface area contributed by atoms with Gasteiger partial charge in [0.25, 0.3) is 0 Å². The van der Waals surface area contributed by atoms with Gasteiger partial charge >= 0.3 is 5.97 Å². The van der Waals surface area contributed by atoms with Gasteiger partial charge in [-0.15, -0.1) is 0 Å². The highest BCUT2D eigenvalue weighted by atomic mass is 35.5. The zero-order valence-electron chi connectivity index (χ0n) is 15.0. The van der Waals surface area contributed by atoms with E-state index in [0.717, 1.165) is 18.4 Å². The molecule has 134 valence electrons. The fourth-order valence-electron chi connectivity index (χ4n) is 2.67. The van der Waals surface area contributed by atoms with E-state index >= 15 is 0 Å². The number of carbonyl (C=O) groups is 1.